The van der Waals surface area contributed by atoms with Gasteiger partial charge in [-0.2, -0.15) is 0 Å². The number of hydrogen-bond acceptors (Lipinski definition) is 2. The van der Waals surface area contributed by atoms with Crippen LogP contribution in [0, 0.1) is 6.92 Å². The molecule has 0 heterocycles. The second kappa shape index (κ2) is 7.41. The fraction of sp³-hybridized carbons (Fsp3) is 0.294. The average molecular weight is 368 g/mol. The first-order valence-corrected chi connectivity index (χ1v) is 8.09. The number of halogens is 2. The van der Waals surface area contributed by atoms with Crippen LogP contribution in [0.5, 0.6) is 0 Å². The van der Waals surface area contributed by atoms with Crippen molar-refractivity contribution < 1.29 is 0 Å². The summed E-state index contributed by atoms with van der Waals surface area (Å²) in [6, 6.07) is 14.6. The summed E-state index contributed by atoms with van der Waals surface area (Å²) in [6.45, 7) is 3.53. The molecule has 1 atom stereocenters. The summed E-state index contributed by atoms with van der Waals surface area (Å²) >= 11 is 9.60. The van der Waals surface area contributed by atoms with E-state index in [4.69, 9.17) is 17.3 Å². The molecule has 21 heavy (non-hydrogen) atoms. The van der Waals surface area contributed by atoms with Crippen molar-refractivity contribution in [2.24, 2.45) is 5.73 Å². The van der Waals surface area contributed by atoms with Gasteiger partial charge in [0.25, 0.3) is 0 Å². The van der Waals surface area contributed by atoms with Gasteiger partial charge in [0, 0.05) is 28.6 Å². The quantitative estimate of drug-likeness (QED) is 0.840. The normalized spacial score (nSPS) is 12.7. The average Bonchev–Trinajstić information content (AvgIpc) is 2.42. The summed E-state index contributed by atoms with van der Waals surface area (Å²) in [5.74, 6) is 0. The minimum absolute atomic E-state index is 0.150. The Balaban J connectivity index is 2.20. The SMILES string of the molecule is Cc1cccc(CN(C)C(CN)c2ccc(Cl)cc2Br)c1. The Morgan fingerprint density at radius 2 is 2.00 bits per heavy atom. The molecule has 2 aromatic rings. The third-order valence-corrected chi connectivity index (χ3v) is 4.51. The molecule has 4 heteroatoms. The van der Waals surface area contributed by atoms with E-state index in [1.54, 1.807) is 0 Å². The zero-order valence-electron chi connectivity index (χ0n) is 12.3. The lowest BCUT2D eigenvalue weighted by Crippen LogP contribution is -2.30. The van der Waals surface area contributed by atoms with Gasteiger partial charge in [-0.05, 0) is 37.2 Å². The molecule has 2 nitrogen and oxygen atoms in total. The summed E-state index contributed by atoms with van der Waals surface area (Å²) in [7, 11) is 2.10. The molecule has 0 fully saturated rings. The molecule has 112 valence electrons. The molecule has 0 saturated carbocycles. The molecule has 0 aromatic heterocycles. The highest BCUT2D eigenvalue weighted by molar-refractivity contribution is 9.10. The van der Waals surface area contributed by atoms with E-state index in [2.05, 4.69) is 59.1 Å². The van der Waals surface area contributed by atoms with Gasteiger partial charge in [0.05, 0.1) is 0 Å². The van der Waals surface area contributed by atoms with Crippen LogP contribution in [0.4, 0.5) is 0 Å². The van der Waals surface area contributed by atoms with Crippen molar-refractivity contribution in [1.82, 2.24) is 4.90 Å². The second-order valence-corrected chi connectivity index (χ2v) is 6.61. The Morgan fingerprint density at radius 3 is 2.62 bits per heavy atom. The van der Waals surface area contributed by atoms with E-state index in [0.29, 0.717) is 6.54 Å². The number of nitrogens with zero attached hydrogens (tertiary/aromatic N) is 1. The summed E-state index contributed by atoms with van der Waals surface area (Å²) in [5, 5.41) is 0.725. The van der Waals surface area contributed by atoms with Crippen molar-refractivity contribution in [1.29, 1.82) is 0 Å². The number of benzene rings is 2. The molecule has 0 aliphatic carbocycles. The molecule has 1 unspecified atom stereocenters. The third-order valence-electron chi connectivity index (χ3n) is 3.59. The smallest absolute Gasteiger partial charge is 0.0482 e. The highest BCUT2D eigenvalue weighted by Crippen LogP contribution is 2.30. The maximum Gasteiger partial charge on any atom is 0.0482 e. The minimum atomic E-state index is 0.150. The molecule has 2 N–H and O–H groups in total. The topological polar surface area (TPSA) is 29.3 Å². The van der Waals surface area contributed by atoms with Crippen molar-refractivity contribution in [2.75, 3.05) is 13.6 Å². The van der Waals surface area contributed by atoms with Crippen LogP contribution in [0.25, 0.3) is 0 Å². The highest BCUT2D eigenvalue weighted by atomic mass is 79.9. The molecule has 0 radical (unpaired) electrons. The number of rotatable bonds is 5. The van der Waals surface area contributed by atoms with Crippen molar-refractivity contribution in [3.8, 4) is 0 Å². The van der Waals surface area contributed by atoms with Crippen LogP contribution in [0.15, 0.2) is 46.9 Å². The molecular formula is C17H20BrClN2. The van der Waals surface area contributed by atoms with Crippen molar-refractivity contribution >= 4 is 27.5 Å². The van der Waals surface area contributed by atoms with E-state index in [-0.39, 0.29) is 6.04 Å². The Labute approximate surface area is 140 Å². The Bertz CT molecular complexity index is 615. The fourth-order valence-electron chi connectivity index (χ4n) is 2.52. The number of likely N-dealkylation sites (N-methyl/N-ethyl adjacent to an activating group) is 1. The first kappa shape index (κ1) is 16.5. The largest absolute Gasteiger partial charge is 0.329 e. The van der Waals surface area contributed by atoms with Crippen LogP contribution in [0.1, 0.15) is 22.7 Å². The Kier molecular flexibility index (Phi) is 5.82. The van der Waals surface area contributed by atoms with Gasteiger partial charge in [0.15, 0.2) is 0 Å². The predicted octanol–water partition coefficient (Wildman–Crippen LogP) is 4.54. The molecule has 0 saturated heterocycles. The molecule has 0 bridgehead atoms. The Hall–Kier alpha value is -0.870. The zero-order chi connectivity index (χ0) is 15.4. The zero-order valence-corrected chi connectivity index (χ0v) is 14.7. The van der Waals surface area contributed by atoms with Crippen LogP contribution in [-0.2, 0) is 6.54 Å². The maximum atomic E-state index is 6.02. The maximum absolute atomic E-state index is 6.02. The van der Waals surface area contributed by atoms with E-state index >= 15 is 0 Å². The van der Waals surface area contributed by atoms with Crippen LogP contribution in [0.2, 0.25) is 5.02 Å². The minimum Gasteiger partial charge on any atom is -0.329 e. The van der Waals surface area contributed by atoms with E-state index < -0.39 is 0 Å². The van der Waals surface area contributed by atoms with E-state index in [1.165, 1.54) is 11.1 Å². The summed E-state index contributed by atoms with van der Waals surface area (Å²) in [5.41, 5.74) is 9.73. The first-order chi connectivity index (χ1) is 10.0. The standard InChI is InChI=1S/C17H20BrClN2/c1-12-4-3-5-13(8-12)11-21(2)17(10-20)15-7-6-14(19)9-16(15)18/h3-9,17H,10-11,20H2,1-2H3. The van der Waals surface area contributed by atoms with Crippen LogP contribution in [-0.4, -0.2) is 18.5 Å². The van der Waals surface area contributed by atoms with Gasteiger partial charge in [-0.25, -0.2) is 0 Å². The molecular weight excluding hydrogens is 348 g/mol. The summed E-state index contributed by atoms with van der Waals surface area (Å²) < 4.78 is 1.00. The Morgan fingerprint density at radius 1 is 1.24 bits per heavy atom. The molecule has 0 amide bonds. The third kappa shape index (κ3) is 4.30. The monoisotopic (exact) mass is 366 g/mol. The van der Waals surface area contributed by atoms with Crippen LogP contribution >= 0.6 is 27.5 Å². The van der Waals surface area contributed by atoms with Gasteiger partial charge in [-0.15, -0.1) is 0 Å². The van der Waals surface area contributed by atoms with Crippen molar-refractivity contribution in [2.45, 2.75) is 19.5 Å². The molecule has 0 aliphatic heterocycles. The lowest BCUT2D eigenvalue weighted by Gasteiger charge is -2.28. The highest BCUT2D eigenvalue weighted by Gasteiger charge is 2.18. The van der Waals surface area contributed by atoms with E-state index in [9.17, 15) is 0 Å². The van der Waals surface area contributed by atoms with E-state index in [0.717, 1.165) is 21.6 Å². The van der Waals surface area contributed by atoms with E-state index in [1.807, 2.05) is 18.2 Å². The predicted molar refractivity (Wildman–Crippen MR) is 93.6 cm³/mol. The fourth-order valence-corrected chi connectivity index (χ4v) is 3.47. The first-order valence-electron chi connectivity index (χ1n) is 6.92. The van der Waals surface area contributed by atoms with Crippen molar-refractivity contribution in [3.05, 3.63) is 68.7 Å². The molecule has 0 spiro atoms. The van der Waals surface area contributed by atoms with Crippen LogP contribution < -0.4 is 5.73 Å². The molecule has 0 aliphatic rings. The van der Waals surface area contributed by atoms with Gasteiger partial charge in [0.2, 0.25) is 0 Å². The second-order valence-electron chi connectivity index (χ2n) is 5.32. The van der Waals surface area contributed by atoms with Crippen LogP contribution in [0.3, 0.4) is 0 Å². The van der Waals surface area contributed by atoms with Gasteiger partial charge in [-0.1, -0.05) is 63.4 Å². The lowest BCUT2D eigenvalue weighted by atomic mass is 10.0. The summed E-state index contributed by atoms with van der Waals surface area (Å²) in [4.78, 5) is 2.27. The number of aryl methyl sites for hydroxylation is 1. The van der Waals surface area contributed by atoms with Gasteiger partial charge < -0.3 is 5.73 Å². The molecule has 2 rings (SSSR count). The van der Waals surface area contributed by atoms with Crippen molar-refractivity contribution in [3.63, 3.8) is 0 Å². The lowest BCUT2D eigenvalue weighted by molar-refractivity contribution is 0.241. The van der Waals surface area contributed by atoms with Gasteiger partial charge in [-0.3, -0.25) is 4.90 Å². The number of hydrogen-bond donors (Lipinski definition) is 1. The van der Waals surface area contributed by atoms with Gasteiger partial charge >= 0.3 is 0 Å². The number of nitrogens with two attached hydrogens (primary N) is 1. The summed E-state index contributed by atoms with van der Waals surface area (Å²) in [6.07, 6.45) is 0. The van der Waals surface area contributed by atoms with Gasteiger partial charge in [0.1, 0.15) is 0 Å². The molecule has 2 aromatic carbocycles.